The minimum absolute atomic E-state index is 0.357. The third kappa shape index (κ3) is 3.07. The number of amides is 1. The maximum Gasteiger partial charge on any atom is 0.278 e. The lowest BCUT2D eigenvalue weighted by atomic mass is 10.2. The lowest BCUT2D eigenvalue weighted by molar-refractivity contribution is -0.119. The fraction of sp³-hybridized carbons (Fsp3) is 0.125. The summed E-state index contributed by atoms with van der Waals surface area (Å²) in [6.07, 6.45) is 0. The van der Waals surface area contributed by atoms with E-state index in [1.54, 1.807) is 55.5 Å². The van der Waals surface area contributed by atoms with Crippen LogP contribution in [0, 0.1) is 0 Å². The van der Waals surface area contributed by atoms with E-state index in [-0.39, 0.29) is 11.5 Å². The van der Waals surface area contributed by atoms with E-state index >= 15 is 0 Å². The van der Waals surface area contributed by atoms with E-state index in [2.05, 4.69) is 15.6 Å². The molecule has 0 saturated carbocycles. The Hall–Kier alpha value is -2.73. The van der Waals surface area contributed by atoms with Gasteiger partial charge in [0.2, 0.25) is 5.91 Å². The molecule has 7 heteroatoms. The van der Waals surface area contributed by atoms with Crippen molar-refractivity contribution in [2.75, 3.05) is 5.32 Å². The molecule has 0 aliphatic rings. The van der Waals surface area contributed by atoms with Gasteiger partial charge in [-0.1, -0.05) is 35.0 Å². The van der Waals surface area contributed by atoms with Crippen molar-refractivity contribution >= 4 is 34.1 Å². The van der Waals surface area contributed by atoms with Crippen LogP contribution < -0.4 is 10.9 Å². The van der Waals surface area contributed by atoms with Crippen LogP contribution in [0.4, 0.5) is 5.69 Å². The first kappa shape index (κ1) is 15.2. The van der Waals surface area contributed by atoms with Gasteiger partial charge in [-0.25, -0.2) is 0 Å². The van der Waals surface area contributed by atoms with E-state index in [1.165, 1.54) is 0 Å². The molecule has 0 radical (unpaired) electrons. The second kappa shape index (κ2) is 6.18. The third-order valence-electron chi connectivity index (χ3n) is 3.43. The van der Waals surface area contributed by atoms with E-state index in [4.69, 9.17) is 11.6 Å². The molecule has 0 spiro atoms. The predicted octanol–water partition coefficient (Wildman–Crippen LogP) is 2.64. The van der Waals surface area contributed by atoms with Crippen LogP contribution in [0.25, 0.3) is 10.9 Å². The Kier molecular flexibility index (Phi) is 4.08. The van der Waals surface area contributed by atoms with Gasteiger partial charge in [0.25, 0.3) is 5.56 Å². The highest BCUT2D eigenvalue weighted by atomic mass is 35.5. The maximum atomic E-state index is 12.4. The highest BCUT2D eigenvalue weighted by molar-refractivity contribution is 6.30. The average molecular weight is 329 g/mol. The molecule has 1 aromatic heterocycles. The number of rotatable bonds is 3. The Labute approximate surface area is 136 Å². The Bertz CT molecular complexity index is 939. The molecule has 0 bridgehead atoms. The Morgan fingerprint density at radius 3 is 2.78 bits per heavy atom. The van der Waals surface area contributed by atoms with Crippen LogP contribution in [-0.2, 0) is 4.79 Å². The summed E-state index contributed by atoms with van der Waals surface area (Å²) in [5.74, 6) is -0.376. The molecule has 116 valence electrons. The second-order valence-corrected chi connectivity index (χ2v) is 5.47. The molecule has 0 aliphatic carbocycles. The SMILES string of the molecule is C[C@@H](C(=O)Nc1cccc(Cl)c1)n1nnc2ccccc2c1=O. The number of hydrogen-bond donors (Lipinski definition) is 1. The zero-order valence-electron chi connectivity index (χ0n) is 12.2. The summed E-state index contributed by atoms with van der Waals surface area (Å²) in [6.45, 7) is 1.59. The first-order valence-corrected chi connectivity index (χ1v) is 7.35. The molecule has 1 amide bonds. The summed E-state index contributed by atoms with van der Waals surface area (Å²) in [7, 11) is 0. The number of halogens is 1. The fourth-order valence-corrected chi connectivity index (χ4v) is 2.37. The fourth-order valence-electron chi connectivity index (χ4n) is 2.18. The Morgan fingerprint density at radius 2 is 2.00 bits per heavy atom. The Morgan fingerprint density at radius 1 is 1.22 bits per heavy atom. The molecule has 3 rings (SSSR count). The van der Waals surface area contributed by atoms with Crippen molar-refractivity contribution in [3.05, 3.63) is 63.9 Å². The first-order chi connectivity index (χ1) is 11.1. The van der Waals surface area contributed by atoms with Gasteiger partial charge in [0.1, 0.15) is 11.6 Å². The Balaban J connectivity index is 1.90. The summed E-state index contributed by atoms with van der Waals surface area (Å²) < 4.78 is 1.07. The highest BCUT2D eigenvalue weighted by Crippen LogP contribution is 2.16. The summed E-state index contributed by atoms with van der Waals surface area (Å²) >= 11 is 5.89. The van der Waals surface area contributed by atoms with E-state index in [1.807, 2.05) is 0 Å². The lowest BCUT2D eigenvalue weighted by Crippen LogP contribution is -2.34. The quantitative estimate of drug-likeness (QED) is 0.801. The molecule has 0 aliphatic heterocycles. The zero-order valence-corrected chi connectivity index (χ0v) is 13.0. The molecule has 0 unspecified atom stereocenters. The molecule has 1 heterocycles. The molecular formula is C16H13ClN4O2. The monoisotopic (exact) mass is 328 g/mol. The number of nitrogens with one attached hydrogen (secondary N) is 1. The minimum atomic E-state index is -0.807. The molecule has 0 fully saturated rings. The average Bonchev–Trinajstić information content (AvgIpc) is 2.55. The number of hydrogen-bond acceptors (Lipinski definition) is 4. The number of aromatic nitrogens is 3. The van der Waals surface area contributed by atoms with Crippen LogP contribution in [0.1, 0.15) is 13.0 Å². The topological polar surface area (TPSA) is 76.9 Å². The summed E-state index contributed by atoms with van der Waals surface area (Å²) in [6, 6.07) is 12.8. The van der Waals surface area contributed by atoms with E-state index in [0.717, 1.165) is 4.68 Å². The van der Waals surface area contributed by atoms with Crippen LogP contribution >= 0.6 is 11.6 Å². The highest BCUT2D eigenvalue weighted by Gasteiger charge is 2.19. The third-order valence-corrected chi connectivity index (χ3v) is 3.66. The van der Waals surface area contributed by atoms with Crippen molar-refractivity contribution in [2.45, 2.75) is 13.0 Å². The van der Waals surface area contributed by atoms with Gasteiger partial charge in [-0.2, -0.15) is 4.68 Å². The second-order valence-electron chi connectivity index (χ2n) is 5.03. The zero-order chi connectivity index (χ0) is 16.4. The van der Waals surface area contributed by atoms with Gasteiger partial charge in [0, 0.05) is 10.7 Å². The predicted molar refractivity (Wildman–Crippen MR) is 88.6 cm³/mol. The molecule has 2 aromatic carbocycles. The largest absolute Gasteiger partial charge is 0.324 e. The number of fused-ring (bicyclic) bond motifs is 1. The van der Waals surface area contributed by atoms with Crippen LogP contribution in [0.2, 0.25) is 5.02 Å². The van der Waals surface area contributed by atoms with Gasteiger partial charge < -0.3 is 5.32 Å². The van der Waals surface area contributed by atoms with Crippen molar-refractivity contribution in [1.82, 2.24) is 15.0 Å². The minimum Gasteiger partial charge on any atom is -0.324 e. The molecule has 1 atom stereocenters. The van der Waals surface area contributed by atoms with E-state index in [0.29, 0.717) is 21.6 Å². The van der Waals surface area contributed by atoms with Crippen LogP contribution in [0.3, 0.4) is 0 Å². The standard InChI is InChI=1S/C16H13ClN4O2/c1-10(15(22)18-12-6-4-5-11(17)9-12)21-16(23)13-7-2-3-8-14(13)19-20-21/h2-10H,1H3,(H,18,22)/t10-/m0/s1. The van der Waals surface area contributed by atoms with Gasteiger partial charge >= 0.3 is 0 Å². The van der Waals surface area contributed by atoms with Crippen LogP contribution in [0.15, 0.2) is 53.3 Å². The number of nitrogens with zero attached hydrogens (tertiary/aromatic N) is 3. The van der Waals surface area contributed by atoms with Crippen LogP contribution in [-0.4, -0.2) is 20.9 Å². The summed E-state index contributed by atoms with van der Waals surface area (Å²) in [5.41, 5.74) is 0.691. The summed E-state index contributed by atoms with van der Waals surface area (Å²) in [5, 5.41) is 11.5. The number of carbonyl (C=O) groups is 1. The van der Waals surface area contributed by atoms with Crippen molar-refractivity contribution in [2.24, 2.45) is 0 Å². The van der Waals surface area contributed by atoms with Gasteiger partial charge in [0.15, 0.2) is 0 Å². The molecule has 23 heavy (non-hydrogen) atoms. The van der Waals surface area contributed by atoms with Gasteiger partial charge in [-0.3, -0.25) is 9.59 Å². The van der Waals surface area contributed by atoms with E-state index < -0.39 is 6.04 Å². The molecule has 3 aromatic rings. The molecule has 6 nitrogen and oxygen atoms in total. The molecule has 1 N–H and O–H groups in total. The van der Waals surface area contributed by atoms with Crippen molar-refractivity contribution in [3.8, 4) is 0 Å². The number of carbonyl (C=O) groups excluding carboxylic acids is 1. The van der Waals surface area contributed by atoms with Gasteiger partial charge in [0.05, 0.1) is 5.39 Å². The smallest absolute Gasteiger partial charge is 0.278 e. The maximum absolute atomic E-state index is 12.4. The molecular weight excluding hydrogens is 316 g/mol. The van der Waals surface area contributed by atoms with Gasteiger partial charge in [-0.15, -0.1) is 5.10 Å². The number of anilines is 1. The summed E-state index contributed by atoms with van der Waals surface area (Å²) in [4.78, 5) is 24.8. The van der Waals surface area contributed by atoms with E-state index in [9.17, 15) is 9.59 Å². The van der Waals surface area contributed by atoms with Crippen molar-refractivity contribution in [1.29, 1.82) is 0 Å². The normalized spacial score (nSPS) is 12.1. The lowest BCUT2D eigenvalue weighted by Gasteiger charge is -2.13. The first-order valence-electron chi connectivity index (χ1n) is 6.97. The number of benzene rings is 2. The van der Waals surface area contributed by atoms with Crippen molar-refractivity contribution in [3.63, 3.8) is 0 Å². The van der Waals surface area contributed by atoms with Crippen molar-refractivity contribution < 1.29 is 4.79 Å². The van der Waals surface area contributed by atoms with Gasteiger partial charge in [-0.05, 0) is 37.3 Å². The molecule has 0 saturated heterocycles. The van der Waals surface area contributed by atoms with Crippen LogP contribution in [0.5, 0.6) is 0 Å².